The Hall–Kier alpha value is -1.94. The number of imidazole rings is 1. The van der Waals surface area contributed by atoms with Crippen molar-refractivity contribution in [3.8, 4) is 0 Å². The molecule has 4 rings (SSSR count). The van der Waals surface area contributed by atoms with E-state index in [1.54, 1.807) is 0 Å². The van der Waals surface area contributed by atoms with E-state index in [0.29, 0.717) is 0 Å². The molecule has 3 aromatic heterocycles. The zero-order valence-corrected chi connectivity index (χ0v) is 10.9. The van der Waals surface area contributed by atoms with Crippen molar-refractivity contribution in [1.82, 2.24) is 14.4 Å². The van der Waals surface area contributed by atoms with Crippen LogP contribution in [0.25, 0.3) is 27.3 Å². The maximum Gasteiger partial charge on any atom is 0.146 e. The number of pyridine rings is 2. The molecule has 0 spiro atoms. The van der Waals surface area contributed by atoms with Gasteiger partial charge in [-0.15, -0.1) is 0 Å². The van der Waals surface area contributed by atoms with Gasteiger partial charge in [0.25, 0.3) is 0 Å². The minimum atomic E-state index is 0.946. The van der Waals surface area contributed by atoms with E-state index in [1.807, 2.05) is 30.7 Å². The van der Waals surface area contributed by atoms with Gasteiger partial charge in [0.2, 0.25) is 0 Å². The van der Waals surface area contributed by atoms with Gasteiger partial charge >= 0.3 is 0 Å². The van der Waals surface area contributed by atoms with E-state index in [2.05, 4.69) is 48.5 Å². The van der Waals surface area contributed by atoms with Gasteiger partial charge in [-0.05, 0) is 27.4 Å². The van der Waals surface area contributed by atoms with Crippen LogP contribution in [0.5, 0.6) is 0 Å². The molecule has 0 aliphatic heterocycles. The second-order valence-electron chi connectivity index (χ2n) is 4.18. The fourth-order valence-electron chi connectivity index (χ4n) is 2.46. The lowest BCUT2D eigenvalue weighted by Gasteiger charge is -2.07. The third-order valence-corrected chi connectivity index (χ3v) is 3.78. The van der Waals surface area contributed by atoms with Crippen LogP contribution in [0.3, 0.4) is 0 Å². The molecule has 0 unspecified atom stereocenters. The summed E-state index contributed by atoms with van der Waals surface area (Å²) >= 11 is 3.55. The predicted molar refractivity (Wildman–Crippen MR) is 75.7 cm³/mol. The fourth-order valence-corrected chi connectivity index (χ4v) is 2.92. The van der Waals surface area contributed by atoms with Crippen LogP contribution in [0.4, 0.5) is 0 Å². The SMILES string of the molecule is Brc1cnc2c3ccccc3c3ccncc3n12. The van der Waals surface area contributed by atoms with Crippen molar-refractivity contribution in [2.24, 2.45) is 0 Å². The number of hydrogen-bond acceptors (Lipinski definition) is 2. The molecule has 86 valence electrons. The van der Waals surface area contributed by atoms with Crippen molar-refractivity contribution in [3.05, 3.63) is 53.5 Å². The van der Waals surface area contributed by atoms with E-state index in [1.165, 1.54) is 10.8 Å². The van der Waals surface area contributed by atoms with Crippen molar-refractivity contribution >= 4 is 43.3 Å². The fraction of sp³-hybridized carbons (Fsp3) is 0. The summed E-state index contributed by atoms with van der Waals surface area (Å²) in [6.45, 7) is 0. The highest BCUT2D eigenvalue weighted by Crippen LogP contribution is 2.30. The van der Waals surface area contributed by atoms with Gasteiger partial charge in [0, 0.05) is 17.0 Å². The van der Waals surface area contributed by atoms with Crippen LogP contribution in [-0.2, 0) is 0 Å². The van der Waals surface area contributed by atoms with Crippen LogP contribution in [0.1, 0.15) is 0 Å². The number of aromatic nitrogens is 3. The Bertz CT molecular complexity index is 895. The zero-order valence-electron chi connectivity index (χ0n) is 9.34. The summed E-state index contributed by atoms with van der Waals surface area (Å²) in [5.41, 5.74) is 2.02. The lowest BCUT2D eigenvalue weighted by atomic mass is 10.1. The smallest absolute Gasteiger partial charge is 0.146 e. The first-order valence-corrected chi connectivity index (χ1v) is 6.43. The largest absolute Gasteiger partial charge is 0.285 e. The van der Waals surface area contributed by atoms with Crippen LogP contribution >= 0.6 is 15.9 Å². The molecule has 0 saturated carbocycles. The minimum absolute atomic E-state index is 0.946. The Morgan fingerprint density at radius 1 is 0.944 bits per heavy atom. The summed E-state index contributed by atoms with van der Waals surface area (Å²) in [6, 6.07) is 10.4. The van der Waals surface area contributed by atoms with Gasteiger partial charge in [0.05, 0.1) is 17.9 Å². The van der Waals surface area contributed by atoms with E-state index in [9.17, 15) is 0 Å². The minimum Gasteiger partial charge on any atom is -0.285 e. The van der Waals surface area contributed by atoms with Gasteiger partial charge in [0.15, 0.2) is 0 Å². The summed E-state index contributed by atoms with van der Waals surface area (Å²) in [4.78, 5) is 8.71. The summed E-state index contributed by atoms with van der Waals surface area (Å²) in [6.07, 6.45) is 5.53. The van der Waals surface area contributed by atoms with Crippen LogP contribution in [0.15, 0.2) is 53.5 Å². The van der Waals surface area contributed by atoms with E-state index >= 15 is 0 Å². The van der Waals surface area contributed by atoms with E-state index in [0.717, 1.165) is 21.2 Å². The lowest BCUT2D eigenvalue weighted by molar-refractivity contribution is 1.21. The highest BCUT2D eigenvalue weighted by molar-refractivity contribution is 9.10. The molecule has 0 aliphatic rings. The molecule has 0 fully saturated rings. The van der Waals surface area contributed by atoms with Gasteiger partial charge < -0.3 is 0 Å². The quantitative estimate of drug-likeness (QED) is 0.462. The second-order valence-corrected chi connectivity index (χ2v) is 4.99. The summed E-state index contributed by atoms with van der Waals surface area (Å²) in [5.74, 6) is 0. The van der Waals surface area contributed by atoms with Gasteiger partial charge in [-0.25, -0.2) is 4.98 Å². The van der Waals surface area contributed by atoms with Crippen LogP contribution in [0, 0.1) is 0 Å². The first-order chi connectivity index (χ1) is 8.86. The number of halogens is 1. The third-order valence-electron chi connectivity index (χ3n) is 3.22. The predicted octanol–water partition coefficient (Wildman–Crippen LogP) is 3.80. The Morgan fingerprint density at radius 3 is 2.67 bits per heavy atom. The highest BCUT2D eigenvalue weighted by Gasteiger charge is 2.10. The molecular weight excluding hydrogens is 290 g/mol. The van der Waals surface area contributed by atoms with Crippen LogP contribution in [-0.4, -0.2) is 14.4 Å². The van der Waals surface area contributed by atoms with E-state index < -0.39 is 0 Å². The van der Waals surface area contributed by atoms with Gasteiger partial charge in [0.1, 0.15) is 10.3 Å². The number of benzene rings is 1. The lowest BCUT2D eigenvalue weighted by Crippen LogP contribution is -1.92. The Kier molecular flexibility index (Phi) is 1.96. The van der Waals surface area contributed by atoms with Gasteiger partial charge in [-0.3, -0.25) is 9.38 Å². The van der Waals surface area contributed by atoms with E-state index in [4.69, 9.17) is 0 Å². The number of hydrogen-bond donors (Lipinski definition) is 0. The molecule has 0 radical (unpaired) electrons. The van der Waals surface area contributed by atoms with E-state index in [-0.39, 0.29) is 0 Å². The Morgan fingerprint density at radius 2 is 1.78 bits per heavy atom. The molecule has 4 heteroatoms. The number of fused-ring (bicyclic) bond motifs is 6. The molecular formula is C14H8BrN3. The van der Waals surface area contributed by atoms with Crippen LogP contribution in [0.2, 0.25) is 0 Å². The van der Waals surface area contributed by atoms with Crippen molar-refractivity contribution in [2.75, 3.05) is 0 Å². The molecule has 3 heterocycles. The summed E-state index contributed by atoms with van der Waals surface area (Å²) in [5, 5.41) is 3.55. The molecule has 3 nitrogen and oxygen atoms in total. The average Bonchev–Trinajstić information content (AvgIpc) is 2.82. The molecule has 0 aliphatic carbocycles. The molecule has 1 aromatic carbocycles. The summed E-state index contributed by atoms with van der Waals surface area (Å²) < 4.78 is 3.03. The first-order valence-electron chi connectivity index (χ1n) is 5.63. The molecule has 0 saturated heterocycles. The molecule has 18 heavy (non-hydrogen) atoms. The second kappa shape index (κ2) is 3.53. The zero-order chi connectivity index (χ0) is 12.1. The maximum absolute atomic E-state index is 4.48. The van der Waals surface area contributed by atoms with Crippen LogP contribution < -0.4 is 0 Å². The highest BCUT2D eigenvalue weighted by atomic mass is 79.9. The number of nitrogens with zero attached hydrogens (tertiary/aromatic N) is 3. The standard InChI is InChI=1S/C14H8BrN3/c15-13-8-17-14-11-4-2-1-3-9(11)10-5-6-16-7-12(10)18(13)14/h1-8H. The number of rotatable bonds is 0. The molecule has 0 amide bonds. The molecule has 0 N–H and O–H groups in total. The topological polar surface area (TPSA) is 30.2 Å². The monoisotopic (exact) mass is 297 g/mol. The Balaban J connectivity index is 2.48. The molecule has 4 aromatic rings. The Labute approximate surface area is 111 Å². The van der Waals surface area contributed by atoms with Crippen molar-refractivity contribution in [3.63, 3.8) is 0 Å². The maximum atomic E-state index is 4.48. The molecule has 0 atom stereocenters. The van der Waals surface area contributed by atoms with Crippen molar-refractivity contribution in [1.29, 1.82) is 0 Å². The van der Waals surface area contributed by atoms with Crippen molar-refractivity contribution in [2.45, 2.75) is 0 Å². The first kappa shape index (κ1) is 10.0. The third kappa shape index (κ3) is 1.18. The molecule has 0 bridgehead atoms. The van der Waals surface area contributed by atoms with Gasteiger partial charge in [-0.1, -0.05) is 24.3 Å². The average molecular weight is 298 g/mol. The van der Waals surface area contributed by atoms with Gasteiger partial charge in [-0.2, -0.15) is 0 Å². The summed E-state index contributed by atoms with van der Waals surface area (Å²) in [7, 11) is 0. The normalized spacial score (nSPS) is 11.6. The van der Waals surface area contributed by atoms with Crippen molar-refractivity contribution < 1.29 is 0 Å².